The molecular formula is C9H11N5O2. The van der Waals surface area contributed by atoms with Crippen LogP contribution in [0, 0.1) is 6.92 Å². The Morgan fingerprint density at radius 1 is 1.38 bits per heavy atom. The summed E-state index contributed by atoms with van der Waals surface area (Å²) in [5.74, 6) is 0. The number of aryl methyl sites for hydroxylation is 1. The summed E-state index contributed by atoms with van der Waals surface area (Å²) >= 11 is 0. The molecule has 2 heterocycles. The number of aromatic amines is 2. The maximum atomic E-state index is 11.3. The third-order valence-corrected chi connectivity index (χ3v) is 2.29. The molecule has 16 heavy (non-hydrogen) atoms. The summed E-state index contributed by atoms with van der Waals surface area (Å²) in [6.07, 6.45) is 2.12. The molecule has 0 radical (unpaired) electrons. The smallest absolute Gasteiger partial charge is 0.311 e. The van der Waals surface area contributed by atoms with E-state index >= 15 is 0 Å². The maximum Gasteiger partial charge on any atom is 0.325 e. The molecule has 7 heteroatoms. The monoisotopic (exact) mass is 221 g/mol. The van der Waals surface area contributed by atoms with E-state index in [0.29, 0.717) is 23.4 Å². The van der Waals surface area contributed by atoms with E-state index < -0.39 is 5.69 Å². The lowest BCUT2D eigenvalue weighted by atomic mass is 10.1. The molecule has 2 aromatic heterocycles. The summed E-state index contributed by atoms with van der Waals surface area (Å²) in [6.45, 7) is 1.65. The zero-order chi connectivity index (χ0) is 11.7. The fourth-order valence-electron chi connectivity index (χ4n) is 1.43. The molecule has 0 fully saturated rings. The van der Waals surface area contributed by atoms with Crippen LogP contribution in [0.4, 0.5) is 0 Å². The van der Waals surface area contributed by atoms with Crippen molar-refractivity contribution < 1.29 is 0 Å². The van der Waals surface area contributed by atoms with E-state index in [0.717, 1.165) is 0 Å². The number of hydrogen-bond donors (Lipinski definition) is 2. The molecule has 0 aliphatic carbocycles. The van der Waals surface area contributed by atoms with Crippen LogP contribution in [0.2, 0.25) is 0 Å². The highest BCUT2D eigenvalue weighted by Gasteiger charge is 2.07. The van der Waals surface area contributed by atoms with Gasteiger partial charge in [0.25, 0.3) is 5.56 Å². The van der Waals surface area contributed by atoms with Crippen molar-refractivity contribution >= 4 is 0 Å². The van der Waals surface area contributed by atoms with Gasteiger partial charge in [-0.1, -0.05) is 5.21 Å². The van der Waals surface area contributed by atoms with Crippen LogP contribution in [0.3, 0.4) is 0 Å². The summed E-state index contributed by atoms with van der Waals surface area (Å²) < 4.78 is 1.57. The molecule has 0 saturated carbocycles. The van der Waals surface area contributed by atoms with E-state index in [1.165, 1.54) is 0 Å². The third kappa shape index (κ3) is 1.92. The SMILES string of the molecule is Cc1c(Cc2cn(C)nn2)[nH]c(=O)[nH]c1=O. The topological polar surface area (TPSA) is 96.4 Å². The highest BCUT2D eigenvalue weighted by atomic mass is 16.2. The minimum atomic E-state index is -0.505. The quantitative estimate of drug-likeness (QED) is 0.686. The lowest BCUT2D eigenvalue weighted by Gasteiger charge is -2.00. The Bertz CT molecular complexity index is 621. The lowest BCUT2D eigenvalue weighted by Crippen LogP contribution is -2.26. The first-order chi connectivity index (χ1) is 7.56. The van der Waals surface area contributed by atoms with Crippen molar-refractivity contribution in [3.63, 3.8) is 0 Å². The Labute approximate surface area is 90.1 Å². The zero-order valence-electron chi connectivity index (χ0n) is 8.94. The van der Waals surface area contributed by atoms with Gasteiger partial charge in [0.05, 0.1) is 5.69 Å². The molecule has 0 aliphatic rings. The Morgan fingerprint density at radius 3 is 2.75 bits per heavy atom. The van der Waals surface area contributed by atoms with E-state index in [-0.39, 0.29) is 5.56 Å². The highest BCUT2D eigenvalue weighted by Crippen LogP contribution is 2.03. The normalized spacial score (nSPS) is 10.6. The predicted octanol–water partition coefficient (Wildman–Crippen LogP) is -0.909. The van der Waals surface area contributed by atoms with Gasteiger partial charge in [0.2, 0.25) is 0 Å². The highest BCUT2D eigenvalue weighted by molar-refractivity contribution is 5.19. The molecule has 2 aromatic rings. The Hall–Kier alpha value is -2.18. The van der Waals surface area contributed by atoms with E-state index in [9.17, 15) is 9.59 Å². The first kappa shape index (κ1) is 10.3. The van der Waals surface area contributed by atoms with Crippen LogP contribution >= 0.6 is 0 Å². The fraction of sp³-hybridized carbons (Fsp3) is 0.333. The Balaban J connectivity index is 2.42. The number of rotatable bonds is 2. The van der Waals surface area contributed by atoms with E-state index in [1.807, 2.05) is 0 Å². The molecule has 2 rings (SSSR count). The standard InChI is InChI=1S/C9H11N5O2/c1-5-7(10-9(16)11-8(5)15)3-6-4-14(2)13-12-6/h4H,3H2,1-2H3,(H2,10,11,15,16). The van der Waals surface area contributed by atoms with Gasteiger partial charge in [-0.25, -0.2) is 4.79 Å². The summed E-state index contributed by atoms with van der Waals surface area (Å²) in [7, 11) is 1.75. The van der Waals surface area contributed by atoms with Crippen LogP contribution in [-0.4, -0.2) is 25.0 Å². The number of nitrogens with one attached hydrogen (secondary N) is 2. The molecule has 0 aliphatic heterocycles. The summed E-state index contributed by atoms with van der Waals surface area (Å²) in [6, 6.07) is 0. The van der Waals surface area contributed by atoms with Crippen LogP contribution < -0.4 is 11.2 Å². The van der Waals surface area contributed by atoms with E-state index in [4.69, 9.17) is 0 Å². The van der Waals surface area contributed by atoms with Crippen molar-refractivity contribution in [2.45, 2.75) is 13.3 Å². The van der Waals surface area contributed by atoms with Crippen molar-refractivity contribution in [1.82, 2.24) is 25.0 Å². The summed E-state index contributed by atoms with van der Waals surface area (Å²) in [4.78, 5) is 27.2. The molecule has 0 spiro atoms. The zero-order valence-corrected chi connectivity index (χ0v) is 8.94. The number of hydrogen-bond acceptors (Lipinski definition) is 4. The fourth-order valence-corrected chi connectivity index (χ4v) is 1.43. The van der Waals surface area contributed by atoms with Crippen LogP contribution in [0.5, 0.6) is 0 Å². The second-order valence-electron chi connectivity index (χ2n) is 3.57. The first-order valence-corrected chi connectivity index (χ1v) is 4.73. The van der Waals surface area contributed by atoms with Gasteiger partial charge in [-0.05, 0) is 6.92 Å². The van der Waals surface area contributed by atoms with Gasteiger partial charge in [-0.15, -0.1) is 5.10 Å². The molecule has 7 nitrogen and oxygen atoms in total. The molecule has 0 amide bonds. The second kappa shape index (κ2) is 3.76. The molecule has 0 unspecified atom stereocenters. The Kier molecular flexibility index (Phi) is 2.43. The third-order valence-electron chi connectivity index (χ3n) is 2.29. The van der Waals surface area contributed by atoms with Crippen LogP contribution in [-0.2, 0) is 13.5 Å². The molecule has 0 saturated heterocycles. The van der Waals surface area contributed by atoms with E-state index in [2.05, 4.69) is 20.3 Å². The van der Waals surface area contributed by atoms with Crippen LogP contribution in [0.1, 0.15) is 17.0 Å². The summed E-state index contributed by atoms with van der Waals surface area (Å²) in [5, 5.41) is 7.67. The van der Waals surface area contributed by atoms with Crippen LogP contribution in [0.25, 0.3) is 0 Å². The van der Waals surface area contributed by atoms with Crippen molar-refractivity contribution in [3.8, 4) is 0 Å². The Morgan fingerprint density at radius 2 is 2.12 bits per heavy atom. The molecular weight excluding hydrogens is 210 g/mol. The van der Waals surface area contributed by atoms with Crippen molar-refractivity contribution in [1.29, 1.82) is 0 Å². The van der Waals surface area contributed by atoms with Gasteiger partial charge in [0, 0.05) is 30.9 Å². The minimum Gasteiger partial charge on any atom is -0.311 e. The predicted molar refractivity (Wildman–Crippen MR) is 56.2 cm³/mol. The second-order valence-corrected chi connectivity index (χ2v) is 3.57. The van der Waals surface area contributed by atoms with Crippen molar-refractivity contribution in [2.24, 2.45) is 7.05 Å². The number of nitrogens with zero attached hydrogens (tertiary/aromatic N) is 3. The molecule has 0 bridgehead atoms. The lowest BCUT2D eigenvalue weighted by molar-refractivity contribution is 0.713. The first-order valence-electron chi connectivity index (χ1n) is 4.73. The van der Waals surface area contributed by atoms with Crippen LogP contribution in [0.15, 0.2) is 15.8 Å². The van der Waals surface area contributed by atoms with Gasteiger partial charge in [-0.2, -0.15) is 0 Å². The number of H-pyrrole nitrogens is 2. The summed E-state index contributed by atoms with van der Waals surface area (Å²) in [5.41, 5.74) is 0.878. The van der Waals surface area contributed by atoms with Gasteiger partial charge >= 0.3 is 5.69 Å². The van der Waals surface area contributed by atoms with Crippen molar-refractivity contribution in [3.05, 3.63) is 44.0 Å². The maximum absolute atomic E-state index is 11.3. The molecule has 0 atom stereocenters. The van der Waals surface area contributed by atoms with Gasteiger partial charge in [-0.3, -0.25) is 14.5 Å². The van der Waals surface area contributed by atoms with Gasteiger partial charge < -0.3 is 4.98 Å². The largest absolute Gasteiger partial charge is 0.325 e. The number of aromatic nitrogens is 5. The van der Waals surface area contributed by atoms with E-state index in [1.54, 1.807) is 24.9 Å². The molecule has 0 aromatic carbocycles. The minimum absolute atomic E-state index is 0.373. The van der Waals surface area contributed by atoms with Gasteiger partial charge in [0.15, 0.2) is 0 Å². The van der Waals surface area contributed by atoms with Gasteiger partial charge in [0.1, 0.15) is 0 Å². The average molecular weight is 221 g/mol. The average Bonchev–Trinajstić information content (AvgIpc) is 2.60. The molecule has 2 N–H and O–H groups in total. The van der Waals surface area contributed by atoms with Crippen molar-refractivity contribution in [2.75, 3.05) is 0 Å². The molecule has 84 valence electrons.